The number of nitrogens with zero attached hydrogens (tertiary/aromatic N) is 3. The minimum Gasteiger partial charge on any atom is -0.354 e. The van der Waals surface area contributed by atoms with E-state index in [-0.39, 0.29) is 18.0 Å². The summed E-state index contributed by atoms with van der Waals surface area (Å²) in [6.07, 6.45) is 7.80. The number of imidazole rings is 1. The maximum atomic E-state index is 11.8. The zero-order chi connectivity index (χ0) is 14.4. The molecule has 0 bridgehead atoms. The lowest BCUT2D eigenvalue weighted by Gasteiger charge is -2.08. The summed E-state index contributed by atoms with van der Waals surface area (Å²) in [5.41, 5.74) is 0.515. The van der Waals surface area contributed by atoms with Crippen molar-refractivity contribution in [1.82, 2.24) is 19.4 Å². The summed E-state index contributed by atoms with van der Waals surface area (Å²) in [5.74, 6) is -0.150. The first-order chi connectivity index (χ1) is 9.66. The number of hydrogen-bond donors (Lipinski definition) is 1. The molecule has 0 aliphatic heterocycles. The summed E-state index contributed by atoms with van der Waals surface area (Å²) < 4.78 is 3.37. The van der Waals surface area contributed by atoms with Gasteiger partial charge in [-0.05, 0) is 19.4 Å². The molecule has 0 radical (unpaired) electrons. The molecule has 0 aliphatic rings. The monoisotopic (exact) mass is 274 g/mol. The van der Waals surface area contributed by atoms with Gasteiger partial charge in [-0.25, -0.2) is 4.98 Å². The molecule has 0 saturated heterocycles. The Morgan fingerprint density at radius 3 is 3.00 bits per heavy atom. The van der Waals surface area contributed by atoms with Gasteiger partial charge in [-0.2, -0.15) is 0 Å². The molecule has 2 aromatic heterocycles. The van der Waals surface area contributed by atoms with Crippen molar-refractivity contribution in [3.63, 3.8) is 0 Å². The Hall–Kier alpha value is -2.37. The SMILES string of the molecule is Cc1cccn(CC(=O)NCCCn2ccnc2)c1=O. The maximum Gasteiger partial charge on any atom is 0.253 e. The zero-order valence-electron chi connectivity index (χ0n) is 11.5. The Morgan fingerprint density at radius 2 is 2.25 bits per heavy atom. The number of aromatic nitrogens is 3. The van der Waals surface area contributed by atoms with Crippen LogP contribution in [0.3, 0.4) is 0 Å². The van der Waals surface area contributed by atoms with Gasteiger partial charge in [0.05, 0.1) is 6.33 Å². The van der Waals surface area contributed by atoms with E-state index in [1.54, 1.807) is 37.8 Å². The first-order valence-electron chi connectivity index (χ1n) is 6.55. The van der Waals surface area contributed by atoms with Crippen molar-refractivity contribution in [2.45, 2.75) is 26.4 Å². The van der Waals surface area contributed by atoms with Crippen LogP contribution in [0, 0.1) is 6.92 Å². The van der Waals surface area contributed by atoms with Gasteiger partial charge in [0.2, 0.25) is 5.91 Å². The Morgan fingerprint density at radius 1 is 1.40 bits per heavy atom. The summed E-state index contributed by atoms with van der Waals surface area (Å²) in [6, 6.07) is 3.50. The molecule has 0 aliphatic carbocycles. The van der Waals surface area contributed by atoms with Crippen LogP contribution in [0.2, 0.25) is 0 Å². The van der Waals surface area contributed by atoms with E-state index in [9.17, 15) is 9.59 Å². The molecular weight excluding hydrogens is 256 g/mol. The summed E-state index contributed by atoms with van der Waals surface area (Å²) in [5, 5.41) is 2.81. The molecule has 2 rings (SSSR count). The van der Waals surface area contributed by atoms with Crippen molar-refractivity contribution >= 4 is 5.91 Å². The summed E-state index contributed by atoms with van der Waals surface area (Å²) in [6.45, 7) is 3.19. The van der Waals surface area contributed by atoms with Crippen LogP contribution in [0.4, 0.5) is 0 Å². The third-order valence-electron chi connectivity index (χ3n) is 3.00. The smallest absolute Gasteiger partial charge is 0.253 e. The second-order valence-electron chi connectivity index (χ2n) is 4.63. The van der Waals surface area contributed by atoms with Gasteiger partial charge in [0.1, 0.15) is 6.54 Å². The number of nitrogens with one attached hydrogen (secondary N) is 1. The lowest BCUT2D eigenvalue weighted by Crippen LogP contribution is -2.33. The van der Waals surface area contributed by atoms with E-state index in [0.29, 0.717) is 12.1 Å². The average Bonchev–Trinajstić information content (AvgIpc) is 2.93. The van der Waals surface area contributed by atoms with Crippen molar-refractivity contribution in [3.8, 4) is 0 Å². The summed E-state index contributed by atoms with van der Waals surface area (Å²) in [4.78, 5) is 27.5. The van der Waals surface area contributed by atoms with E-state index >= 15 is 0 Å². The normalized spacial score (nSPS) is 10.4. The van der Waals surface area contributed by atoms with Crippen molar-refractivity contribution in [2.75, 3.05) is 6.54 Å². The van der Waals surface area contributed by atoms with Crippen molar-refractivity contribution in [3.05, 3.63) is 53.0 Å². The predicted molar refractivity (Wildman–Crippen MR) is 75.3 cm³/mol. The van der Waals surface area contributed by atoms with Crippen LogP contribution in [0.25, 0.3) is 0 Å². The fourth-order valence-corrected chi connectivity index (χ4v) is 1.90. The fourth-order valence-electron chi connectivity index (χ4n) is 1.90. The molecule has 1 amide bonds. The molecule has 2 heterocycles. The molecule has 0 atom stereocenters. The molecule has 1 N–H and O–H groups in total. The first-order valence-corrected chi connectivity index (χ1v) is 6.55. The highest BCUT2D eigenvalue weighted by molar-refractivity contribution is 5.75. The van der Waals surface area contributed by atoms with Gasteiger partial charge in [-0.3, -0.25) is 9.59 Å². The van der Waals surface area contributed by atoms with Gasteiger partial charge < -0.3 is 14.5 Å². The van der Waals surface area contributed by atoms with Gasteiger partial charge in [-0.1, -0.05) is 6.07 Å². The van der Waals surface area contributed by atoms with E-state index in [1.807, 2.05) is 10.8 Å². The van der Waals surface area contributed by atoms with Gasteiger partial charge in [-0.15, -0.1) is 0 Å². The number of carbonyl (C=O) groups excluding carboxylic acids is 1. The van der Waals surface area contributed by atoms with Gasteiger partial charge in [0.15, 0.2) is 0 Å². The lowest BCUT2D eigenvalue weighted by molar-refractivity contribution is -0.121. The number of amides is 1. The van der Waals surface area contributed by atoms with Crippen molar-refractivity contribution in [2.24, 2.45) is 0 Å². The highest BCUT2D eigenvalue weighted by atomic mass is 16.2. The fraction of sp³-hybridized carbons (Fsp3) is 0.357. The Kier molecular flexibility index (Phi) is 4.70. The number of pyridine rings is 1. The largest absolute Gasteiger partial charge is 0.354 e. The number of hydrogen-bond acceptors (Lipinski definition) is 3. The van der Waals surface area contributed by atoms with Crippen LogP contribution in [-0.2, 0) is 17.9 Å². The van der Waals surface area contributed by atoms with Crippen LogP contribution in [0.1, 0.15) is 12.0 Å². The summed E-state index contributed by atoms with van der Waals surface area (Å²) >= 11 is 0. The topological polar surface area (TPSA) is 68.9 Å². The van der Waals surface area contributed by atoms with E-state index in [1.165, 1.54) is 4.57 Å². The van der Waals surface area contributed by atoms with Crippen molar-refractivity contribution < 1.29 is 4.79 Å². The highest BCUT2D eigenvalue weighted by Gasteiger charge is 2.04. The molecule has 0 saturated carbocycles. The molecule has 2 aromatic rings. The molecule has 0 fully saturated rings. The Labute approximate surface area is 117 Å². The van der Waals surface area contributed by atoms with Crippen molar-refractivity contribution in [1.29, 1.82) is 0 Å². The van der Waals surface area contributed by atoms with Crippen LogP contribution in [-0.4, -0.2) is 26.6 Å². The summed E-state index contributed by atoms with van der Waals surface area (Å²) in [7, 11) is 0. The molecule has 6 heteroatoms. The molecule has 6 nitrogen and oxygen atoms in total. The molecule has 0 unspecified atom stereocenters. The number of aryl methyl sites for hydroxylation is 2. The third kappa shape index (κ3) is 3.81. The van der Waals surface area contributed by atoms with Crippen LogP contribution in [0.5, 0.6) is 0 Å². The Bertz CT molecular complexity index is 616. The van der Waals surface area contributed by atoms with Gasteiger partial charge in [0, 0.05) is 37.2 Å². The number of rotatable bonds is 6. The quantitative estimate of drug-likeness (QED) is 0.783. The molecule has 106 valence electrons. The van der Waals surface area contributed by atoms with Gasteiger partial charge >= 0.3 is 0 Å². The molecule has 0 aromatic carbocycles. The minimum absolute atomic E-state index is 0.0611. The average molecular weight is 274 g/mol. The minimum atomic E-state index is -0.150. The van der Waals surface area contributed by atoms with Crippen LogP contribution >= 0.6 is 0 Å². The standard InChI is InChI=1S/C14H18N4O2/c1-12-4-2-8-18(14(12)20)10-13(19)16-5-3-7-17-9-6-15-11-17/h2,4,6,8-9,11H,3,5,7,10H2,1H3,(H,16,19). The van der Waals surface area contributed by atoms with Crippen LogP contribution in [0.15, 0.2) is 41.8 Å². The van der Waals surface area contributed by atoms with Crippen LogP contribution < -0.4 is 10.9 Å². The third-order valence-corrected chi connectivity index (χ3v) is 3.00. The predicted octanol–water partition coefficient (Wildman–Crippen LogP) is 0.560. The first kappa shape index (κ1) is 14.0. The maximum absolute atomic E-state index is 11.8. The zero-order valence-corrected chi connectivity index (χ0v) is 11.5. The van der Waals surface area contributed by atoms with E-state index in [2.05, 4.69) is 10.3 Å². The molecule has 0 spiro atoms. The molecular formula is C14H18N4O2. The lowest BCUT2D eigenvalue weighted by atomic mass is 10.3. The number of carbonyl (C=O) groups is 1. The highest BCUT2D eigenvalue weighted by Crippen LogP contribution is 1.91. The van der Waals surface area contributed by atoms with E-state index < -0.39 is 0 Å². The van der Waals surface area contributed by atoms with Gasteiger partial charge in [0.25, 0.3) is 5.56 Å². The van der Waals surface area contributed by atoms with E-state index in [4.69, 9.17) is 0 Å². The second-order valence-corrected chi connectivity index (χ2v) is 4.63. The van der Waals surface area contributed by atoms with E-state index in [0.717, 1.165) is 13.0 Å². The molecule has 20 heavy (non-hydrogen) atoms. The Balaban J connectivity index is 1.75. The second kappa shape index (κ2) is 6.70.